The second-order valence-corrected chi connectivity index (χ2v) is 6.15. The number of nitrogens with one attached hydrogen (secondary N) is 1. The van der Waals surface area contributed by atoms with Crippen LogP contribution in [-0.2, 0) is 6.54 Å². The SMILES string of the molecule is CC(C)Oc1ccccc1C(=O)NC(=S)N(C)Cc1ccccc1. The van der Waals surface area contributed by atoms with E-state index in [9.17, 15) is 4.79 Å². The van der Waals surface area contributed by atoms with Gasteiger partial charge in [-0.1, -0.05) is 42.5 Å². The molecule has 0 saturated heterocycles. The highest BCUT2D eigenvalue weighted by molar-refractivity contribution is 7.80. The van der Waals surface area contributed by atoms with Gasteiger partial charge in [-0.05, 0) is 43.8 Å². The van der Waals surface area contributed by atoms with Gasteiger partial charge in [0.25, 0.3) is 5.91 Å². The van der Waals surface area contributed by atoms with Crippen LogP contribution in [0.25, 0.3) is 0 Å². The average Bonchev–Trinajstić information content (AvgIpc) is 2.55. The molecule has 0 radical (unpaired) electrons. The summed E-state index contributed by atoms with van der Waals surface area (Å²) in [7, 11) is 1.85. The Morgan fingerprint density at radius 1 is 1.12 bits per heavy atom. The smallest absolute Gasteiger partial charge is 0.261 e. The van der Waals surface area contributed by atoms with E-state index >= 15 is 0 Å². The summed E-state index contributed by atoms with van der Waals surface area (Å²) in [5.41, 5.74) is 1.60. The van der Waals surface area contributed by atoms with Gasteiger partial charge in [0.05, 0.1) is 11.7 Å². The molecule has 2 aromatic rings. The van der Waals surface area contributed by atoms with Gasteiger partial charge in [0.15, 0.2) is 5.11 Å². The van der Waals surface area contributed by atoms with Crippen LogP contribution in [0.4, 0.5) is 0 Å². The second kappa shape index (κ2) is 8.45. The van der Waals surface area contributed by atoms with Crippen LogP contribution in [-0.4, -0.2) is 29.1 Å². The lowest BCUT2D eigenvalue weighted by molar-refractivity contribution is 0.0968. The minimum atomic E-state index is -0.267. The van der Waals surface area contributed by atoms with Crippen molar-refractivity contribution in [1.82, 2.24) is 10.2 Å². The molecule has 0 saturated carbocycles. The second-order valence-electron chi connectivity index (χ2n) is 5.76. The molecule has 0 atom stereocenters. The van der Waals surface area contributed by atoms with Gasteiger partial charge in [0.2, 0.25) is 0 Å². The van der Waals surface area contributed by atoms with Crippen LogP contribution in [0.5, 0.6) is 5.75 Å². The summed E-state index contributed by atoms with van der Waals surface area (Å²) in [4.78, 5) is 14.3. The molecule has 0 spiro atoms. The van der Waals surface area contributed by atoms with Crippen molar-refractivity contribution < 1.29 is 9.53 Å². The van der Waals surface area contributed by atoms with Crippen LogP contribution in [0.15, 0.2) is 54.6 Å². The Kier molecular flexibility index (Phi) is 6.32. The normalized spacial score (nSPS) is 10.3. The summed E-state index contributed by atoms with van der Waals surface area (Å²) >= 11 is 5.34. The molecule has 4 nitrogen and oxygen atoms in total. The first-order chi connectivity index (χ1) is 11.5. The first-order valence-electron chi connectivity index (χ1n) is 7.83. The predicted molar refractivity (Wildman–Crippen MR) is 100 cm³/mol. The largest absolute Gasteiger partial charge is 0.490 e. The fourth-order valence-corrected chi connectivity index (χ4v) is 2.36. The summed E-state index contributed by atoms with van der Waals surface area (Å²) in [5, 5.41) is 3.15. The Balaban J connectivity index is 2.02. The quantitative estimate of drug-likeness (QED) is 0.843. The van der Waals surface area contributed by atoms with Gasteiger partial charge < -0.3 is 9.64 Å². The molecule has 0 unspecified atom stereocenters. The summed E-state index contributed by atoms with van der Waals surface area (Å²) in [5.74, 6) is 0.287. The molecule has 0 aromatic heterocycles. The Bertz CT molecular complexity index is 702. The summed E-state index contributed by atoms with van der Waals surface area (Å²) in [6, 6.07) is 17.1. The van der Waals surface area contributed by atoms with Crippen molar-refractivity contribution in [2.45, 2.75) is 26.5 Å². The standard InChI is InChI=1S/C19H22N2O2S/c1-14(2)23-17-12-8-7-11-16(17)18(22)20-19(24)21(3)13-15-9-5-4-6-10-15/h4-12,14H,13H2,1-3H3,(H,20,22,24). The van der Waals surface area contributed by atoms with Crippen molar-refractivity contribution in [3.8, 4) is 5.75 Å². The van der Waals surface area contributed by atoms with Gasteiger partial charge in [-0.2, -0.15) is 0 Å². The van der Waals surface area contributed by atoms with Gasteiger partial charge in [-0.25, -0.2) is 0 Å². The molecule has 0 heterocycles. The lowest BCUT2D eigenvalue weighted by atomic mass is 10.2. The van der Waals surface area contributed by atoms with E-state index in [1.165, 1.54) is 0 Å². The number of hydrogen-bond donors (Lipinski definition) is 1. The van der Waals surface area contributed by atoms with Gasteiger partial charge in [0, 0.05) is 13.6 Å². The van der Waals surface area contributed by atoms with E-state index in [1.54, 1.807) is 18.2 Å². The summed E-state index contributed by atoms with van der Waals surface area (Å²) < 4.78 is 5.69. The molecule has 5 heteroatoms. The highest BCUT2D eigenvalue weighted by Gasteiger charge is 2.16. The molecule has 0 aliphatic carbocycles. The van der Waals surface area contributed by atoms with Gasteiger partial charge in [-0.3, -0.25) is 10.1 Å². The number of amides is 1. The summed E-state index contributed by atoms with van der Waals surface area (Å²) in [6.45, 7) is 4.48. The van der Waals surface area contributed by atoms with Crippen LogP contribution in [0.1, 0.15) is 29.8 Å². The molecule has 0 fully saturated rings. The van der Waals surface area contributed by atoms with E-state index in [4.69, 9.17) is 17.0 Å². The number of rotatable bonds is 5. The number of hydrogen-bond acceptors (Lipinski definition) is 3. The van der Waals surface area contributed by atoms with E-state index in [2.05, 4.69) is 5.32 Å². The average molecular weight is 342 g/mol. The van der Waals surface area contributed by atoms with Crippen molar-refractivity contribution in [2.75, 3.05) is 7.05 Å². The van der Waals surface area contributed by atoms with E-state index in [-0.39, 0.29) is 12.0 Å². The van der Waals surface area contributed by atoms with E-state index in [1.807, 2.05) is 62.2 Å². The highest BCUT2D eigenvalue weighted by atomic mass is 32.1. The number of nitrogens with zero attached hydrogens (tertiary/aromatic N) is 1. The van der Waals surface area contributed by atoms with Crippen molar-refractivity contribution in [3.63, 3.8) is 0 Å². The zero-order valence-corrected chi connectivity index (χ0v) is 15.0. The van der Waals surface area contributed by atoms with Crippen LogP contribution in [0.2, 0.25) is 0 Å². The maximum Gasteiger partial charge on any atom is 0.261 e. The Hall–Kier alpha value is -2.40. The van der Waals surface area contributed by atoms with Crippen LogP contribution >= 0.6 is 12.2 Å². The molecular formula is C19H22N2O2S. The number of carbonyl (C=O) groups excluding carboxylic acids is 1. The summed E-state index contributed by atoms with van der Waals surface area (Å²) in [6.07, 6.45) is -0.00773. The van der Waals surface area contributed by atoms with Crippen molar-refractivity contribution in [3.05, 3.63) is 65.7 Å². The monoisotopic (exact) mass is 342 g/mol. The Labute approximate surface area is 148 Å². The number of benzene rings is 2. The van der Waals surface area contributed by atoms with Gasteiger partial charge >= 0.3 is 0 Å². The van der Waals surface area contributed by atoms with Crippen molar-refractivity contribution in [1.29, 1.82) is 0 Å². The van der Waals surface area contributed by atoms with Crippen molar-refractivity contribution in [2.24, 2.45) is 0 Å². The Morgan fingerprint density at radius 3 is 2.42 bits per heavy atom. The van der Waals surface area contributed by atoms with Crippen LogP contribution < -0.4 is 10.1 Å². The van der Waals surface area contributed by atoms with Crippen molar-refractivity contribution >= 4 is 23.2 Å². The van der Waals surface area contributed by atoms with E-state index < -0.39 is 0 Å². The molecular weight excluding hydrogens is 320 g/mol. The zero-order chi connectivity index (χ0) is 17.5. The van der Waals surface area contributed by atoms with Crippen LogP contribution in [0, 0.1) is 0 Å². The Morgan fingerprint density at radius 2 is 1.75 bits per heavy atom. The minimum Gasteiger partial charge on any atom is -0.490 e. The first-order valence-corrected chi connectivity index (χ1v) is 8.24. The number of ether oxygens (including phenoxy) is 1. The third-order valence-electron chi connectivity index (χ3n) is 3.32. The maximum atomic E-state index is 12.5. The van der Waals surface area contributed by atoms with E-state index in [0.29, 0.717) is 23.0 Å². The molecule has 0 aliphatic rings. The lowest BCUT2D eigenvalue weighted by Gasteiger charge is -2.21. The molecule has 2 rings (SSSR count). The number of para-hydroxylation sites is 1. The topological polar surface area (TPSA) is 41.6 Å². The number of carbonyl (C=O) groups is 1. The molecule has 126 valence electrons. The van der Waals surface area contributed by atoms with Gasteiger partial charge in [-0.15, -0.1) is 0 Å². The minimum absolute atomic E-state index is 0.00773. The maximum absolute atomic E-state index is 12.5. The highest BCUT2D eigenvalue weighted by Crippen LogP contribution is 2.19. The molecule has 2 aromatic carbocycles. The predicted octanol–water partition coefficient (Wildman–Crippen LogP) is 3.62. The number of thiocarbonyl (C=S) groups is 1. The zero-order valence-electron chi connectivity index (χ0n) is 14.2. The molecule has 1 amide bonds. The third kappa shape index (κ3) is 5.06. The molecule has 1 N–H and O–H groups in total. The van der Waals surface area contributed by atoms with E-state index in [0.717, 1.165) is 5.56 Å². The lowest BCUT2D eigenvalue weighted by Crippen LogP contribution is -2.40. The fraction of sp³-hybridized carbons (Fsp3) is 0.263. The first kappa shape index (κ1) is 17.9. The molecule has 0 aliphatic heterocycles. The molecule has 24 heavy (non-hydrogen) atoms. The molecule has 0 bridgehead atoms. The van der Waals surface area contributed by atoms with Gasteiger partial charge in [0.1, 0.15) is 5.75 Å². The van der Waals surface area contributed by atoms with Crippen LogP contribution in [0.3, 0.4) is 0 Å². The fourth-order valence-electron chi connectivity index (χ4n) is 2.20. The third-order valence-corrected chi connectivity index (χ3v) is 3.74.